The molecule has 0 radical (unpaired) electrons. The summed E-state index contributed by atoms with van der Waals surface area (Å²) < 4.78 is 0. The second-order valence-electron chi connectivity index (χ2n) is 7.66. The molecule has 4 aromatic carbocycles. The Morgan fingerprint density at radius 2 is 1.41 bits per heavy atom. The van der Waals surface area contributed by atoms with Crippen molar-refractivity contribution in [2.24, 2.45) is 0 Å². The molecule has 4 rings (SSSR count). The second kappa shape index (κ2) is 11.6. The van der Waals surface area contributed by atoms with Crippen molar-refractivity contribution in [3.63, 3.8) is 0 Å². The Bertz CT molecular complexity index is 1560. The molecule has 0 aliphatic rings. The van der Waals surface area contributed by atoms with Crippen LogP contribution in [0.3, 0.4) is 0 Å². The third-order valence-electron chi connectivity index (χ3n) is 5.23. The SMILES string of the molecule is O=C(CSc1cccc(NC(=O)c2c(Cl)c(Cl)c(Cl)c(Cl)c2C(=O)O)c1)Nc1cccc2ccccc12. The Hall–Kier alpha value is -2.94. The van der Waals surface area contributed by atoms with Crippen LogP contribution >= 0.6 is 58.2 Å². The molecule has 0 unspecified atom stereocenters. The maximum Gasteiger partial charge on any atom is 0.338 e. The predicted molar refractivity (Wildman–Crippen MR) is 151 cm³/mol. The lowest BCUT2D eigenvalue weighted by Gasteiger charge is -2.14. The average molecular weight is 594 g/mol. The molecule has 0 bridgehead atoms. The monoisotopic (exact) mass is 592 g/mol. The number of fused-ring (bicyclic) bond motifs is 1. The van der Waals surface area contributed by atoms with Crippen LogP contribution in [0.2, 0.25) is 20.1 Å². The highest BCUT2D eigenvalue weighted by atomic mass is 35.5. The number of nitrogens with one attached hydrogen (secondary N) is 2. The van der Waals surface area contributed by atoms with E-state index in [-0.39, 0.29) is 26.7 Å². The molecule has 0 heterocycles. The largest absolute Gasteiger partial charge is 0.478 e. The number of carboxylic acid groups (broad SMARTS) is 1. The van der Waals surface area contributed by atoms with Gasteiger partial charge in [-0.15, -0.1) is 11.8 Å². The minimum absolute atomic E-state index is 0.123. The Balaban J connectivity index is 1.47. The van der Waals surface area contributed by atoms with E-state index in [1.54, 1.807) is 24.3 Å². The van der Waals surface area contributed by atoms with Crippen molar-refractivity contribution in [3.8, 4) is 0 Å². The lowest BCUT2D eigenvalue weighted by atomic mass is 10.1. The molecule has 0 saturated carbocycles. The number of amides is 2. The molecular weight excluding hydrogens is 578 g/mol. The van der Waals surface area contributed by atoms with Crippen LogP contribution in [0, 0.1) is 0 Å². The van der Waals surface area contributed by atoms with Gasteiger partial charge in [-0.3, -0.25) is 9.59 Å². The number of thioether (sulfide) groups is 1. The molecule has 188 valence electrons. The summed E-state index contributed by atoms with van der Waals surface area (Å²) >= 11 is 25.4. The van der Waals surface area contributed by atoms with Crippen LogP contribution in [-0.2, 0) is 4.79 Å². The van der Waals surface area contributed by atoms with Gasteiger partial charge >= 0.3 is 5.97 Å². The highest BCUT2D eigenvalue weighted by molar-refractivity contribution is 8.00. The number of halogens is 4. The molecule has 0 aliphatic heterocycles. The first-order valence-corrected chi connectivity index (χ1v) is 13.1. The van der Waals surface area contributed by atoms with E-state index in [4.69, 9.17) is 46.4 Å². The van der Waals surface area contributed by atoms with Gasteiger partial charge in [-0.05, 0) is 29.7 Å². The minimum atomic E-state index is -1.49. The summed E-state index contributed by atoms with van der Waals surface area (Å²) in [5.74, 6) is -2.40. The number of hydrogen-bond acceptors (Lipinski definition) is 4. The molecule has 2 amide bonds. The fourth-order valence-corrected chi connectivity index (χ4v) is 5.35. The van der Waals surface area contributed by atoms with Crippen molar-refractivity contribution in [2.75, 3.05) is 16.4 Å². The molecule has 3 N–H and O–H groups in total. The Morgan fingerprint density at radius 1 is 0.757 bits per heavy atom. The lowest BCUT2D eigenvalue weighted by molar-refractivity contribution is -0.113. The highest BCUT2D eigenvalue weighted by Crippen LogP contribution is 2.42. The number of carbonyl (C=O) groups is 3. The molecule has 0 atom stereocenters. The standard InChI is InChI=1S/C26H16Cl4N2O4S/c27-21-19(20(26(35)36)22(28)24(30)23(21)29)25(34)31-14-7-4-8-15(11-14)37-12-18(33)32-17-10-3-6-13-5-1-2-9-16(13)17/h1-11H,12H2,(H,31,34)(H,32,33)(H,35,36). The zero-order chi connectivity index (χ0) is 26.7. The minimum Gasteiger partial charge on any atom is -0.478 e. The van der Waals surface area contributed by atoms with Gasteiger partial charge in [-0.1, -0.05) is 88.9 Å². The van der Waals surface area contributed by atoms with E-state index in [0.717, 1.165) is 16.5 Å². The number of carbonyl (C=O) groups excluding carboxylic acids is 2. The van der Waals surface area contributed by atoms with Crippen molar-refractivity contribution in [3.05, 3.63) is 97.9 Å². The molecule has 0 aliphatic carbocycles. The van der Waals surface area contributed by atoms with Crippen molar-refractivity contribution in [1.29, 1.82) is 0 Å². The van der Waals surface area contributed by atoms with Gasteiger partial charge in [0.15, 0.2) is 0 Å². The third kappa shape index (κ3) is 5.98. The van der Waals surface area contributed by atoms with Crippen LogP contribution in [0.4, 0.5) is 11.4 Å². The van der Waals surface area contributed by atoms with Crippen molar-refractivity contribution >= 4 is 98.1 Å². The quantitative estimate of drug-likeness (QED) is 0.114. The maximum atomic E-state index is 13.0. The molecule has 0 fully saturated rings. The van der Waals surface area contributed by atoms with Crippen molar-refractivity contribution in [1.82, 2.24) is 0 Å². The Kier molecular flexibility index (Phi) is 8.52. The number of hydrogen-bond donors (Lipinski definition) is 3. The van der Waals surface area contributed by atoms with Crippen LogP contribution in [0.1, 0.15) is 20.7 Å². The van der Waals surface area contributed by atoms with Gasteiger partial charge in [0, 0.05) is 21.7 Å². The van der Waals surface area contributed by atoms with Gasteiger partial charge in [0.25, 0.3) is 5.91 Å². The number of benzene rings is 4. The molecule has 0 aromatic heterocycles. The van der Waals surface area contributed by atoms with Crippen molar-refractivity contribution in [2.45, 2.75) is 4.90 Å². The average Bonchev–Trinajstić information content (AvgIpc) is 2.88. The molecule has 0 saturated heterocycles. The smallest absolute Gasteiger partial charge is 0.338 e. The van der Waals surface area contributed by atoms with E-state index in [0.29, 0.717) is 10.6 Å². The fourth-order valence-electron chi connectivity index (χ4n) is 3.57. The maximum absolute atomic E-state index is 13.0. The third-order valence-corrected chi connectivity index (χ3v) is 8.03. The number of rotatable bonds is 7. The van der Waals surface area contributed by atoms with Crippen LogP contribution in [0.15, 0.2) is 71.6 Å². The predicted octanol–water partition coefficient (Wildman–Crippen LogP) is 8.13. The van der Waals surface area contributed by atoms with Gasteiger partial charge in [0.05, 0.1) is 37.0 Å². The molecule has 11 heteroatoms. The van der Waals surface area contributed by atoms with Gasteiger partial charge in [-0.25, -0.2) is 4.79 Å². The van der Waals surface area contributed by atoms with E-state index in [1.165, 1.54) is 11.8 Å². The van der Waals surface area contributed by atoms with Crippen LogP contribution in [0.5, 0.6) is 0 Å². The van der Waals surface area contributed by atoms with Crippen molar-refractivity contribution < 1.29 is 19.5 Å². The van der Waals surface area contributed by atoms with Gasteiger partial charge in [0.2, 0.25) is 5.91 Å². The lowest BCUT2D eigenvalue weighted by Crippen LogP contribution is -2.18. The number of carboxylic acids is 1. The summed E-state index contributed by atoms with van der Waals surface area (Å²) in [6.07, 6.45) is 0. The van der Waals surface area contributed by atoms with Crippen LogP contribution in [0.25, 0.3) is 10.8 Å². The summed E-state index contributed by atoms with van der Waals surface area (Å²) in [5, 5.41) is 15.8. The first-order chi connectivity index (χ1) is 17.7. The number of anilines is 2. The fraction of sp³-hybridized carbons (Fsp3) is 0.0385. The molecule has 37 heavy (non-hydrogen) atoms. The molecule has 6 nitrogen and oxygen atoms in total. The first kappa shape index (κ1) is 27.1. The molecule has 4 aromatic rings. The van der Waals surface area contributed by atoms with E-state index >= 15 is 0 Å². The van der Waals surface area contributed by atoms with Gasteiger partial charge < -0.3 is 15.7 Å². The summed E-state index contributed by atoms with van der Waals surface area (Å²) in [7, 11) is 0. The first-order valence-electron chi connectivity index (χ1n) is 10.6. The van der Waals surface area contributed by atoms with E-state index in [1.807, 2.05) is 42.5 Å². The summed E-state index contributed by atoms with van der Waals surface area (Å²) in [6, 6.07) is 20.1. The van der Waals surface area contributed by atoms with Crippen LogP contribution < -0.4 is 10.6 Å². The summed E-state index contributed by atoms with van der Waals surface area (Å²) in [4.78, 5) is 38.0. The zero-order valence-corrected chi connectivity index (χ0v) is 22.5. The highest BCUT2D eigenvalue weighted by Gasteiger charge is 2.29. The second-order valence-corrected chi connectivity index (χ2v) is 10.2. The van der Waals surface area contributed by atoms with E-state index in [2.05, 4.69) is 10.6 Å². The van der Waals surface area contributed by atoms with E-state index in [9.17, 15) is 19.5 Å². The van der Waals surface area contributed by atoms with Gasteiger partial charge in [-0.2, -0.15) is 0 Å². The summed E-state index contributed by atoms with van der Waals surface area (Å²) in [5.41, 5.74) is 0.0884. The van der Waals surface area contributed by atoms with Crippen LogP contribution in [-0.4, -0.2) is 28.6 Å². The molecular formula is C26H16Cl4N2O4S. The Labute approximate surface area is 235 Å². The summed E-state index contributed by atoms with van der Waals surface area (Å²) in [6.45, 7) is 0. The normalized spacial score (nSPS) is 10.8. The number of aromatic carboxylic acids is 1. The molecule has 0 spiro atoms. The topological polar surface area (TPSA) is 95.5 Å². The van der Waals surface area contributed by atoms with Gasteiger partial charge in [0.1, 0.15) is 0 Å². The Morgan fingerprint density at radius 3 is 2.14 bits per heavy atom. The van der Waals surface area contributed by atoms with E-state index < -0.39 is 28.0 Å². The zero-order valence-electron chi connectivity index (χ0n) is 18.7.